The lowest BCUT2D eigenvalue weighted by molar-refractivity contribution is 0.226. The van der Waals surface area contributed by atoms with Gasteiger partial charge in [0.1, 0.15) is 30.5 Å². The Morgan fingerprint density at radius 1 is 1.11 bits per heavy atom. The van der Waals surface area contributed by atoms with E-state index in [0.29, 0.717) is 18.9 Å². The van der Waals surface area contributed by atoms with Crippen LogP contribution in [0.4, 0.5) is 9.18 Å². The summed E-state index contributed by atoms with van der Waals surface area (Å²) in [7, 11) is 3.99. The molecule has 0 heterocycles. The van der Waals surface area contributed by atoms with Crippen molar-refractivity contribution in [3.8, 4) is 11.5 Å². The lowest BCUT2D eigenvalue weighted by atomic mass is 10.2. The molecule has 6 nitrogen and oxygen atoms in total. The third-order valence-electron chi connectivity index (χ3n) is 3.85. The van der Waals surface area contributed by atoms with E-state index >= 15 is 0 Å². The minimum Gasteiger partial charge on any atom is -0.492 e. The predicted molar refractivity (Wildman–Crippen MR) is 107 cm³/mol. The second-order valence-corrected chi connectivity index (χ2v) is 6.79. The molecule has 0 radical (unpaired) electrons. The van der Waals surface area contributed by atoms with E-state index in [0.717, 1.165) is 17.9 Å². The Morgan fingerprint density at radius 2 is 1.86 bits per heavy atom. The van der Waals surface area contributed by atoms with Crippen LogP contribution in [-0.4, -0.2) is 50.8 Å². The summed E-state index contributed by atoms with van der Waals surface area (Å²) in [5, 5.41) is 5.63. The van der Waals surface area contributed by atoms with Crippen LogP contribution in [0.15, 0.2) is 48.5 Å². The van der Waals surface area contributed by atoms with E-state index in [4.69, 9.17) is 9.47 Å². The summed E-state index contributed by atoms with van der Waals surface area (Å²) in [5.74, 6) is 1.02. The summed E-state index contributed by atoms with van der Waals surface area (Å²) >= 11 is 0. The first-order chi connectivity index (χ1) is 13.4. The van der Waals surface area contributed by atoms with Crippen molar-refractivity contribution in [3.05, 3.63) is 59.9 Å². The Kier molecular flexibility index (Phi) is 8.55. The zero-order valence-corrected chi connectivity index (χ0v) is 16.6. The number of benzene rings is 2. The molecule has 0 saturated heterocycles. The molecule has 1 unspecified atom stereocenters. The van der Waals surface area contributed by atoms with E-state index < -0.39 is 0 Å². The molecule has 0 bridgehead atoms. The number of carbonyl (C=O) groups excluding carboxylic acids is 1. The number of likely N-dealkylation sites (N-methyl/N-ethyl adjacent to an activating group) is 1. The quantitative estimate of drug-likeness (QED) is 0.656. The van der Waals surface area contributed by atoms with Crippen molar-refractivity contribution in [1.29, 1.82) is 0 Å². The van der Waals surface area contributed by atoms with Gasteiger partial charge in [0.05, 0.1) is 6.04 Å². The van der Waals surface area contributed by atoms with Gasteiger partial charge in [-0.15, -0.1) is 0 Å². The van der Waals surface area contributed by atoms with Gasteiger partial charge in [-0.05, 0) is 63.0 Å². The van der Waals surface area contributed by atoms with Crippen LogP contribution in [0.5, 0.6) is 11.5 Å². The van der Waals surface area contributed by atoms with Gasteiger partial charge in [-0.25, -0.2) is 9.18 Å². The Balaban J connectivity index is 1.70. The third-order valence-corrected chi connectivity index (χ3v) is 3.85. The van der Waals surface area contributed by atoms with E-state index in [1.807, 2.05) is 45.3 Å². The van der Waals surface area contributed by atoms with Gasteiger partial charge >= 0.3 is 6.03 Å². The third kappa shape index (κ3) is 8.26. The second-order valence-electron chi connectivity index (χ2n) is 6.79. The van der Waals surface area contributed by atoms with E-state index in [1.165, 1.54) is 12.1 Å². The molecule has 0 aliphatic rings. The topological polar surface area (TPSA) is 62.8 Å². The van der Waals surface area contributed by atoms with Gasteiger partial charge in [0, 0.05) is 13.1 Å². The summed E-state index contributed by atoms with van der Waals surface area (Å²) in [4.78, 5) is 14.1. The number of amides is 2. The Labute approximate surface area is 165 Å². The average molecular weight is 389 g/mol. The maximum atomic E-state index is 12.9. The fourth-order valence-electron chi connectivity index (χ4n) is 2.34. The van der Waals surface area contributed by atoms with Gasteiger partial charge in [-0.1, -0.05) is 12.1 Å². The molecule has 2 N–H and O–H groups in total. The molecule has 0 aliphatic heterocycles. The molecular weight excluding hydrogens is 361 g/mol. The molecule has 28 heavy (non-hydrogen) atoms. The molecule has 2 aromatic rings. The summed E-state index contributed by atoms with van der Waals surface area (Å²) in [6.45, 7) is 3.96. The van der Waals surface area contributed by atoms with Gasteiger partial charge in [0.25, 0.3) is 0 Å². The number of rotatable bonds is 10. The number of nitrogens with zero attached hydrogens (tertiary/aromatic N) is 1. The number of ether oxygens (including phenoxy) is 2. The monoisotopic (exact) mass is 389 g/mol. The van der Waals surface area contributed by atoms with Crippen molar-refractivity contribution in [1.82, 2.24) is 15.5 Å². The van der Waals surface area contributed by atoms with E-state index in [-0.39, 0.29) is 24.5 Å². The first-order valence-corrected chi connectivity index (χ1v) is 9.21. The Morgan fingerprint density at radius 3 is 2.57 bits per heavy atom. The van der Waals surface area contributed by atoms with E-state index in [1.54, 1.807) is 12.1 Å². The van der Waals surface area contributed by atoms with Crippen LogP contribution in [0, 0.1) is 5.82 Å². The minimum absolute atomic E-state index is 0.203. The smallest absolute Gasteiger partial charge is 0.315 e. The molecule has 1 atom stereocenters. The van der Waals surface area contributed by atoms with Crippen LogP contribution in [0.2, 0.25) is 0 Å². The Hall–Kier alpha value is -2.80. The standard InChI is InChI=1S/C21H28FN3O3/c1-16(15-28-19-9-7-18(22)8-10-19)24-21(26)23-14-17-5-4-6-20(13-17)27-12-11-25(2)3/h4-10,13,16H,11-12,14-15H2,1-3H3,(H2,23,24,26). The average Bonchev–Trinajstić information content (AvgIpc) is 2.66. The first-order valence-electron chi connectivity index (χ1n) is 9.21. The molecule has 0 saturated carbocycles. The lowest BCUT2D eigenvalue weighted by Crippen LogP contribution is -2.43. The van der Waals surface area contributed by atoms with Gasteiger partial charge in [-0.2, -0.15) is 0 Å². The molecule has 0 fully saturated rings. The number of hydrogen-bond donors (Lipinski definition) is 2. The van der Waals surface area contributed by atoms with Crippen LogP contribution in [0.25, 0.3) is 0 Å². The first kappa shape index (κ1) is 21.5. The lowest BCUT2D eigenvalue weighted by Gasteiger charge is -2.16. The fourth-order valence-corrected chi connectivity index (χ4v) is 2.34. The highest BCUT2D eigenvalue weighted by Gasteiger charge is 2.08. The number of hydrogen-bond acceptors (Lipinski definition) is 4. The van der Waals surface area contributed by atoms with Crippen molar-refractivity contribution in [2.24, 2.45) is 0 Å². The maximum absolute atomic E-state index is 12.9. The number of carbonyl (C=O) groups is 1. The van der Waals surface area contributed by atoms with Gasteiger partial charge in [0.2, 0.25) is 0 Å². The molecule has 2 aromatic carbocycles. The molecule has 0 aliphatic carbocycles. The van der Waals surface area contributed by atoms with Crippen LogP contribution >= 0.6 is 0 Å². The summed E-state index contributed by atoms with van der Waals surface area (Å²) in [6.07, 6.45) is 0. The molecule has 2 rings (SSSR count). The molecule has 0 spiro atoms. The Bertz CT molecular complexity index is 738. The molecule has 2 amide bonds. The molecule has 152 valence electrons. The van der Waals surface area contributed by atoms with Crippen LogP contribution in [-0.2, 0) is 6.54 Å². The van der Waals surface area contributed by atoms with Gasteiger partial charge < -0.3 is 25.0 Å². The number of nitrogens with one attached hydrogen (secondary N) is 2. The normalized spacial score (nSPS) is 11.8. The predicted octanol–water partition coefficient (Wildman–Crippen LogP) is 3.03. The molecule has 7 heteroatoms. The van der Waals surface area contributed by atoms with Crippen LogP contribution < -0.4 is 20.1 Å². The van der Waals surface area contributed by atoms with Crippen LogP contribution in [0.1, 0.15) is 12.5 Å². The maximum Gasteiger partial charge on any atom is 0.315 e. The summed E-state index contributed by atoms with van der Waals surface area (Å²) in [6, 6.07) is 12.9. The van der Waals surface area contributed by atoms with Crippen molar-refractivity contribution in [3.63, 3.8) is 0 Å². The summed E-state index contributed by atoms with van der Waals surface area (Å²) < 4.78 is 24.1. The van der Waals surface area contributed by atoms with Crippen molar-refractivity contribution >= 4 is 6.03 Å². The van der Waals surface area contributed by atoms with Crippen molar-refractivity contribution in [2.75, 3.05) is 33.9 Å². The van der Waals surface area contributed by atoms with Crippen molar-refractivity contribution in [2.45, 2.75) is 19.5 Å². The SMILES string of the molecule is CC(COc1ccc(F)cc1)NC(=O)NCc1cccc(OCCN(C)C)c1. The molecule has 0 aromatic heterocycles. The largest absolute Gasteiger partial charge is 0.492 e. The fraction of sp³-hybridized carbons (Fsp3) is 0.381. The highest BCUT2D eigenvalue weighted by molar-refractivity contribution is 5.74. The zero-order valence-electron chi connectivity index (χ0n) is 16.6. The molecular formula is C21H28FN3O3. The van der Waals surface area contributed by atoms with E-state index in [9.17, 15) is 9.18 Å². The summed E-state index contributed by atoms with van der Waals surface area (Å²) in [5.41, 5.74) is 0.952. The van der Waals surface area contributed by atoms with E-state index in [2.05, 4.69) is 15.5 Å². The highest BCUT2D eigenvalue weighted by atomic mass is 19.1. The number of urea groups is 1. The highest BCUT2D eigenvalue weighted by Crippen LogP contribution is 2.13. The van der Waals surface area contributed by atoms with Crippen LogP contribution in [0.3, 0.4) is 0 Å². The van der Waals surface area contributed by atoms with Crippen molar-refractivity contribution < 1.29 is 18.7 Å². The number of halogens is 1. The van der Waals surface area contributed by atoms with Gasteiger partial charge in [0.15, 0.2) is 0 Å². The van der Waals surface area contributed by atoms with Gasteiger partial charge in [-0.3, -0.25) is 0 Å². The minimum atomic E-state index is -0.315. The zero-order chi connectivity index (χ0) is 20.4. The second kappa shape index (κ2) is 11.1.